The fourth-order valence-electron chi connectivity index (χ4n) is 3.75. The van der Waals surface area contributed by atoms with Crippen LogP contribution >= 0.6 is 0 Å². The van der Waals surface area contributed by atoms with Crippen LogP contribution in [-0.4, -0.2) is 72.6 Å². The van der Waals surface area contributed by atoms with Gasteiger partial charge in [-0.15, -0.1) is 0 Å². The lowest BCUT2D eigenvalue weighted by molar-refractivity contribution is -0.138. The smallest absolute Gasteiger partial charge is 0.317 e. The molecule has 0 saturated carbocycles. The van der Waals surface area contributed by atoms with Gasteiger partial charge in [-0.05, 0) is 56.3 Å². The Kier molecular flexibility index (Phi) is 8.93. The lowest BCUT2D eigenvalue weighted by Crippen LogP contribution is -2.39. The number of benzene rings is 1. The molecule has 1 heterocycles. The first-order valence-corrected chi connectivity index (χ1v) is 10.3. The van der Waals surface area contributed by atoms with Crippen LogP contribution in [0.15, 0.2) is 24.3 Å². The molecule has 2 rings (SSSR count). The Balaban J connectivity index is 1.69. The Morgan fingerprint density at radius 1 is 1.21 bits per heavy atom. The normalized spacial score (nSPS) is 18.2. The van der Waals surface area contributed by atoms with Gasteiger partial charge in [0.2, 0.25) is 5.91 Å². The molecule has 0 aromatic heterocycles. The number of amides is 1. The molecule has 0 spiro atoms. The summed E-state index contributed by atoms with van der Waals surface area (Å²) in [6.45, 7) is 7.23. The van der Waals surface area contributed by atoms with Gasteiger partial charge in [0.1, 0.15) is 0 Å². The van der Waals surface area contributed by atoms with E-state index in [1.807, 2.05) is 11.9 Å². The number of nitrogens with zero attached hydrogens (tertiary/aromatic N) is 2. The second kappa shape index (κ2) is 11.2. The minimum atomic E-state index is -0.790. The Labute approximate surface area is 168 Å². The average Bonchev–Trinajstić information content (AvgIpc) is 2.87. The maximum atomic E-state index is 12.3. The minimum absolute atomic E-state index is 0.0659. The SMILES string of the molecule is CC(C)c1ccc(CCNC(=O)CN2CCCC(N(C)CC(=O)O)CC2)cc1. The molecule has 1 fully saturated rings. The van der Waals surface area contributed by atoms with Crippen LogP contribution in [0.1, 0.15) is 50.2 Å². The fourth-order valence-corrected chi connectivity index (χ4v) is 3.75. The first-order chi connectivity index (χ1) is 13.3. The summed E-state index contributed by atoms with van der Waals surface area (Å²) in [5, 5.41) is 12.0. The molecule has 1 saturated heterocycles. The average molecular weight is 390 g/mol. The number of likely N-dealkylation sites (N-methyl/N-ethyl adjacent to an activating group) is 1. The molecule has 1 amide bonds. The topological polar surface area (TPSA) is 72.9 Å². The summed E-state index contributed by atoms with van der Waals surface area (Å²) in [5.41, 5.74) is 2.57. The number of carbonyl (C=O) groups excluding carboxylic acids is 1. The molecule has 1 atom stereocenters. The second-order valence-corrected chi connectivity index (χ2v) is 8.17. The van der Waals surface area contributed by atoms with E-state index in [4.69, 9.17) is 5.11 Å². The number of hydrogen-bond acceptors (Lipinski definition) is 4. The Morgan fingerprint density at radius 2 is 1.93 bits per heavy atom. The number of rotatable bonds is 9. The Morgan fingerprint density at radius 3 is 2.57 bits per heavy atom. The van der Waals surface area contributed by atoms with E-state index in [1.54, 1.807) is 0 Å². The molecule has 0 radical (unpaired) electrons. The first-order valence-electron chi connectivity index (χ1n) is 10.3. The molecular formula is C22H35N3O3. The predicted octanol–water partition coefficient (Wildman–Crippen LogP) is 2.34. The maximum absolute atomic E-state index is 12.3. The molecule has 0 aliphatic carbocycles. The largest absolute Gasteiger partial charge is 0.480 e. The van der Waals surface area contributed by atoms with Gasteiger partial charge < -0.3 is 10.4 Å². The number of nitrogens with one attached hydrogen (secondary N) is 1. The van der Waals surface area contributed by atoms with E-state index >= 15 is 0 Å². The zero-order chi connectivity index (χ0) is 20.5. The summed E-state index contributed by atoms with van der Waals surface area (Å²) in [6, 6.07) is 8.89. The molecule has 156 valence electrons. The first kappa shape index (κ1) is 22.4. The van der Waals surface area contributed by atoms with Gasteiger partial charge in [-0.2, -0.15) is 0 Å². The van der Waals surface area contributed by atoms with E-state index in [-0.39, 0.29) is 18.5 Å². The zero-order valence-corrected chi connectivity index (χ0v) is 17.5. The lowest BCUT2D eigenvalue weighted by Gasteiger charge is -2.25. The van der Waals surface area contributed by atoms with Crippen LogP contribution in [0, 0.1) is 0 Å². The van der Waals surface area contributed by atoms with Crippen molar-refractivity contribution in [2.75, 3.05) is 39.8 Å². The van der Waals surface area contributed by atoms with Gasteiger partial charge in [0.25, 0.3) is 0 Å². The lowest BCUT2D eigenvalue weighted by atomic mass is 10.0. The summed E-state index contributed by atoms with van der Waals surface area (Å²) < 4.78 is 0. The molecule has 0 bridgehead atoms. The molecule has 1 aromatic carbocycles. The third-order valence-corrected chi connectivity index (χ3v) is 5.55. The van der Waals surface area contributed by atoms with Gasteiger partial charge in [-0.1, -0.05) is 38.1 Å². The number of hydrogen-bond donors (Lipinski definition) is 2. The minimum Gasteiger partial charge on any atom is -0.480 e. The molecular weight excluding hydrogens is 354 g/mol. The number of carbonyl (C=O) groups is 2. The highest BCUT2D eigenvalue weighted by molar-refractivity contribution is 5.78. The van der Waals surface area contributed by atoms with E-state index in [9.17, 15) is 9.59 Å². The summed E-state index contributed by atoms with van der Waals surface area (Å²) in [7, 11) is 1.87. The third-order valence-electron chi connectivity index (χ3n) is 5.55. The van der Waals surface area contributed by atoms with Crippen molar-refractivity contribution in [3.05, 3.63) is 35.4 Å². The van der Waals surface area contributed by atoms with Gasteiger partial charge >= 0.3 is 5.97 Å². The van der Waals surface area contributed by atoms with Gasteiger partial charge in [0, 0.05) is 19.1 Å². The monoisotopic (exact) mass is 389 g/mol. The van der Waals surface area contributed by atoms with Gasteiger partial charge in [0.05, 0.1) is 13.1 Å². The molecule has 1 unspecified atom stereocenters. The van der Waals surface area contributed by atoms with Crippen LogP contribution in [0.2, 0.25) is 0 Å². The molecule has 1 aromatic rings. The summed E-state index contributed by atoms with van der Waals surface area (Å²) >= 11 is 0. The van der Waals surface area contributed by atoms with Crippen molar-refractivity contribution in [1.82, 2.24) is 15.1 Å². The number of aliphatic carboxylic acids is 1. The third kappa shape index (κ3) is 7.60. The number of carboxylic acids is 1. The fraction of sp³-hybridized carbons (Fsp3) is 0.636. The molecule has 1 aliphatic heterocycles. The van der Waals surface area contributed by atoms with Crippen LogP contribution in [0.25, 0.3) is 0 Å². The Hall–Kier alpha value is -1.92. The van der Waals surface area contributed by atoms with Crippen molar-refractivity contribution in [3.63, 3.8) is 0 Å². The van der Waals surface area contributed by atoms with Crippen molar-refractivity contribution in [2.24, 2.45) is 0 Å². The van der Waals surface area contributed by atoms with E-state index in [1.165, 1.54) is 11.1 Å². The molecule has 28 heavy (non-hydrogen) atoms. The quantitative estimate of drug-likeness (QED) is 0.678. The van der Waals surface area contributed by atoms with E-state index in [0.717, 1.165) is 38.8 Å². The van der Waals surface area contributed by atoms with Crippen molar-refractivity contribution in [3.8, 4) is 0 Å². The van der Waals surface area contributed by atoms with Crippen molar-refractivity contribution >= 4 is 11.9 Å². The number of carboxylic acid groups (broad SMARTS) is 1. The maximum Gasteiger partial charge on any atom is 0.317 e. The highest BCUT2D eigenvalue weighted by Gasteiger charge is 2.22. The predicted molar refractivity (Wildman–Crippen MR) is 112 cm³/mol. The summed E-state index contributed by atoms with van der Waals surface area (Å²) in [6.07, 6.45) is 3.71. The highest BCUT2D eigenvalue weighted by Crippen LogP contribution is 2.16. The molecule has 6 heteroatoms. The molecule has 2 N–H and O–H groups in total. The van der Waals surface area contributed by atoms with Gasteiger partial charge in [0.15, 0.2) is 0 Å². The van der Waals surface area contributed by atoms with E-state index in [2.05, 4.69) is 48.3 Å². The van der Waals surface area contributed by atoms with Crippen LogP contribution in [0.3, 0.4) is 0 Å². The zero-order valence-electron chi connectivity index (χ0n) is 17.5. The summed E-state index contributed by atoms with van der Waals surface area (Å²) in [5.74, 6) is -0.191. The van der Waals surface area contributed by atoms with Crippen LogP contribution < -0.4 is 5.32 Å². The van der Waals surface area contributed by atoms with Crippen molar-refractivity contribution in [2.45, 2.75) is 51.5 Å². The highest BCUT2D eigenvalue weighted by atomic mass is 16.4. The van der Waals surface area contributed by atoms with Gasteiger partial charge in [-0.25, -0.2) is 0 Å². The van der Waals surface area contributed by atoms with Crippen LogP contribution in [-0.2, 0) is 16.0 Å². The van der Waals surface area contributed by atoms with Crippen molar-refractivity contribution in [1.29, 1.82) is 0 Å². The Bertz CT molecular complexity index is 630. The van der Waals surface area contributed by atoms with E-state index in [0.29, 0.717) is 19.0 Å². The number of likely N-dealkylation sites (tertiary alicyclic amines) is 1. The van der Waals surface area contributed by atoms with Crippen LogP contribution in [0.5, 0.6) is 0 Å². The second-order valence-electron chi connectivity index (χ2n) is 8.17. The van der Waals surface area contributed by atoms with Crippen LogP contribution in [0.4, 0.5) is 0 Å². The van der Waals surface area contributed by atoms with Gasteiger partial charge in [-0.3, -0.25) is 19.4 Å². The van der Waals surface area contributed by atoms with Crippen molar-refractivity contribution < 1.29 is 14.7 Å². The standard InChI is InChI=1S/C22H35N3O3/c1-17(2)19-8-6-18(7-9-19)10-12-23-21(26)15-25-13-4-5-20(11-14-25)24(3)16-22(27)28/h6-9,17,20H,4-5,10-16H2,1-3H3,(H,23,26)(H,27,28). The van der Waals surface area contributed by atoms with E-state index < -0.39 is 5.97 Å². The summed E-state index contributed by atoms with van der Waals surface area (Å²) in [4.78, 5) is 27.3. The molecule has 6 nitrogen and oxygen atoms in total. The molecule has 1 aliphatic rings.